The molecule has 0 unspecified atom stereocenters. The van der Waals surface area contributed by atoms with Crippen molar-refractivity contribution in [3.05, 3.63) is 17.7 Å². The fourth-order valence-corrected chi connectivity index (χ4v) is 1.54. The van der Waals surface area contributed by atoms with Crippen LogP contribution in [0.15, 0.2) is 12.1 Å². The molecule has 0 aromatic heterocycles. The van der Waals surface area contributed by atoms with E-state index in [0.29, 0.717) is 17.1 Å². The molecule has 100 valence electrons. The number of aryl methyl sites for hydroxylation is 1. The molecule has 0 bridgehead atoms. The predicted octanol–water partition coefficient (Wildman–Crippen LogP) is 2.93. The largest absolute Gasteiger partial charge is 0.492 e. The van der Waals surface area contributed by atoms with Crippen LogP contribution in [0.4, 0.5) is 16.2 Å². The van der Waals surface area contributed by atoms with Crippen LogP contribution in [0.3, 0.4) is 0 Å². The monoisotopic (exact) mass is 252 g/mol. The maximum absolute atomic E-state index is 11.7. The second-order valence-corrected chi connectivity index (χ2v) is 5.06. The molecule has 18 heavy (non-hydrogen) atoms. The van der Waals surface area contributed by atoms with Crippen molar-refractivity contribution in [1.82, 2.24) is 0 Å². The zero-order valence-electron chi connectivity index (χ0n) is 11.5. The number of carbonyl (C=O) groups is 1. The molecule has 0 fully saturated rings. The first kappa shape index (κ1) is 14.2. The first-order chi connectivity index (χ1) is 8.23. The zero-order valence-corrected chi connectivity index (χ0v) is 11.5. The number of anilines is 2. The van der Waals surface area contributed by atoms with Crippen LogP contribution >= 0.6 is 0 Å². The molecular weight excluding hydrogens is 232 g/mol. The normalized spacial score (nSPS) is 10.9. The van der Waals surface area contributed by atoms with E-state index in [1.807, 2.05) is 6.92 Å². The summed E-state index contributed by atoms with van der Waals surface area (Å²) >= 11 is 0. The van der Waals surface area contributed by atoms with E-state index in [4.69, 9.17) is 15.2 Å². The average molecular weight is 252 g/mol. The first-order valence-electron chi connectivity index (χ1n) is 5.67. The molecule has 0 saturated carbocycles. The SMILES string of the molecule is COc1c(N)cc(C)cc1NC(=O)OC(C)(C)C. The summed E-state index contributed by atoms with van der Waals surface area (Å²) in [6.45, 7) is 7.29. The van der Waals surface area contributed by atoms with Gasteiger partial charge in [0.25, 0.3) is 0 Å². The van der Waals surface area contributed by atoms with Gasteiger partial charge >= 0.3 is 6.09 Å². The fourth-order valence-electron chi connectivity index (χ4n) is 1.54. The molecule has 0 saturated heterocycles. The van der Waals surface area contributed by atoms with Crippen molar-refractivity contribution in [3.63, 3.8) is 0 Å². The average Bonchev–Trinajstić information content (AvgIpc) is 2.13. The summed E-state index contributed by atoms with van der Waals surface area (Å²) in [7, 11) is 1.50. The van der Waals surface area contributed by atoms with Gasteiger partial charge in [-0.2, -0.15) is 0 Å². The molecule has 0 radical (unpaired) electrons. The molecule has 0 spiro atoms. The molecule has 1 aromatic carbocycles. The quantitative estimate of drug-likeness (QED) is 0.794. The van der Waals surface area contributed by atoms with Crippen LogP contribution < -0.4 is 15.8 Å². The number of hydrogen-bond acceptors (Lipinski definition) is 4. The molecule has 0 aliphatic rings. The van der Waals surface area contributed by atoms with Gasteiger partial charge in [0.2, 0.25) is 0 Å². The van der Waals surface area contributed by atoms with Crippen molar-refractivity contribution >= 4 is 17.5 Å². The lowest BCUT2D eigenvalue weighted by Gasteiger charge is -2.20. The van der Waals surface area contributed by atoms with Gasteiger partial charge in [-0.05, 0) is 45.4 Å². The van der Waals surface area contributed by atoms with Gasteiger partial charge in [-0.25, -0.2) is 4.79 Å². The molecule has 0 heterocycles. The molecule has 0 atom stereocenters. The van der Waals surface area contributed by atoms with Crippen molar-refractivity contribution in [2.24, 2.45) is 0 Å². The van der Waals surface area contributed by atoms with Gasteiger partial charge in [0.1, 0.15) is 5.60 Å². The van der Waals surface area contributed by atoms with E-state index in [0.717, 1.165) is 5.56 Å². The van der Waals surface area contributed by atoms with Crippen molar-refractivity contribution in [1.29, 1.82) is 0 Å². The van der Waals surface area contributed by atoms with Gasteiger partial charge in [0, 0.05) is 0 Å². The molecular formula is C13H20N2O3. The highest BCUT2D eigenvalue weighted by atomic mass is 16.6. The van der Waals surface area contributed by atoms with Gasteiger partial charge in [0.05, 0.1) is 18.5 Å². The molecule has 3 N–H and O–H groups in total. The van der Waals surface area contributed by atoms with Crippen molar-refractivity contribution in [2.75, 3.05) is 18.2 Å². The van der Waals surface area contributed by atoms with Gasteiger partial charge in [0.15, 0.2) is 5.75 Å². The van der Waals surface area contributed by atoms with Gasteiger partial charge in [-0.3, -0.25) is 5.32 Å². The van der Waals surface area contributed by atoms with E-state index in [9.17, 15) is 4.79 Å². The summed E-state index contributed by atoms with van der Waals surface area (Å²) in [5.74, 6) is 0.437. The van der Waals surface area contributed by atoms with E-state index < -0.39 is 11.7 Å². The van der Waals surface area contributed by atoms with Gasteiger partial charge in [-0.15, -0.1) is 0 Å². The highest BCUT2D eigenvalue weighted by molar-refractivity contribution is 5.89. The Morgan fingerprint density at radius 3 is 2.44 bits per heavy atom. The number of carbonyl (C=O) groups excluding carboxylic acids is 1. The topological polar surface area (TPSA) is 73.6 Å². The molecule has 5 heteroatoms. The highest BCUT2D eigenvalue weighted by Gasteiger charge is 2.18. The Bertz CT molecular complexity index is 450. The Hall–Kier alpha value is -1.91. The van der Waals surface area contributed by atoms with Crippen LogP contribution in [0.5, 0.6) is 5.75 Å². The summed E-state index contributed by atoms with van der Waals surface area (Å²) in [5.41, 5.74) is 7.18. The summed E-state index contributed by atoms with van der Waals surface area (Å²) in [5, 5.41) is 2.63. The summed E-state index contributed by atoms with van der Waals surface area (Å²) < 4.78 is 10.3. The summed E-state index contributed by atoms with van der Waals surface area (Å²) in [6.07, 6.45) is -0.536. The number of nitrogens with one attached hydrogen (secondary N) is 1. The zero-order chi connectivity index (χ0) is 13.9. The lowest BCUT2D eigenvalue weighted by Crippen LogP contribution is -2.27. The number of benzene rings is 1. The predicted molar refractivity (Wildman–Crippen MR) is 72.0 cm³/mol. The third-order valence-electron chi connectivity index (χ3n) is 2.10. The standard InChI is InChI=1S/C13H20N2O3/c1-8-6-9(14)11(17-5)10(7-8)15-12(16)18-13(2,3)4/h6-7H,14H2,1-5H3,(H,15,16). The molecule has 1 aromatic rings. The maximum atomic E-state index is 11.7. The third kappa shape index (κ3) is 3.84. The number of rotatable bonds is 2. The van der Waals surface area contributed by atoms with E-state index in [1.165, 1.54) is 7.11 Å². The highest BCUT2D eigenvalue weighted by Crippen LogP contribution is 2.32. The van der Waals surface area contributed by atoms with E-state index in [1.54, 1.807) is 32.9 Å². The van der Waals surface area contributed by atoms with Gasteiger partial charge in [-0.1, -0.05) is 0 Å². The number of hydrogen-bond donors (Lipinski definition) is 2. The van der Waals surface area contributed by atoms with Crippen molar-refractivity contribution in [2.45, 2.75) is 33.3 Å². The smallest absolute Gasteiger partial charge is 0.412 e. The van der Waals surface area contributed by atoms with Crippen LogP contribution in [0, 0.1) is 6.92 Å². The van der Waals surface area contributed by atoms with Crippen LogP contribution in [0.25, 0.3) is 0 Å². The molecule has 0 aliphatic heterocycles. The minimum Gasteiger partial charge on any atom is -0.492 e. The third-order valence-corrected chi connectivity index (χ3v) is 2.10. The molecule has 1 amide bonds. The van der Waals surface area contributed by atoms with E-state index >= 15 is 0 Å². The Morgan fingerprint density at radius 1 is 1.33 bits per heavy atom. The second kappa shape index (κ2) is 5.16. The first-order valence-corrected chi connectivity index (χ1v) is 5.67. The van der Waals surface area contributed by atoms with Crippen LogP contribution in [-0.2, 0) is 4.74 Å². The number of ether oxygens (including phenoxy) is 2. The van der Waals surface area contributed by atoms with Crippen molar-refractivity contribution in [3.8, 4) is 5.75 Å². The summed E-state index contributed by atoms with van der Waals surface area (Å²) in [6, 6.07) is 3.55. The number of amides is 1. The Labute approximate surface area is 107 Å². The number of nitrogen functional groups attached to an aromatic ring is 1. The molecule has 5 nitrogen and oxygen atoms in total. The van der Waals surface area contributed by atoms with Gasteiger partial charge < -0.3 is 15.2 Å². The molecule has 1 rings (SSSR count). The second-order valence-electron chi connectivity index (χ2n) is 5.06. The lowest BCUT2D eigenvalue weighted by molar-refractivity contribution is 0.0635. The minimum atomic E-state index is -0.549. The Kier molecular flexibility index (Phi) is 4.06. The van der Waals surface area contributed by atoms with Crippen LogP contribution in [0.2, 0.25) is 0 Å². The van der Waals surface area contributed by atoms with Crippen molar-refractivity contribution < 1.29 is 14.3 Å². The lowest BCUT2D eigenvalue weighted by atomic mass is 10.1. The molecule has 0 aliphatic carbocycles. The summed E-state index contributed by atoms with van der Waals surface area (Å²) in [4.78, 5) is 11.7. The number of methoxy groups -OCH3 is 1. The van der Waals surface area contributed by atoms with E-state index in [2.05, 4.69) is 5.32 Å². The number of nitrogens with two attached hydrogens (primary N) is 1. The van der Waals surface area contributed by atoms with Crippen LogP contribution in [-0.4, -0.2) is 18.8 Å². The Morgan fingerprint density at radius 2 is 1.94 bits per heavy atom. The van der Waals surface area contributed by atoms with E-state index in [-0.39, 0.29) is 0 Å². The maximum Gasteiger partial charge on any atom is 0.412 e. The minimum absolute atomic E-state index is 0.437. The van der Waals surface area contributed by atoms with Crippen LogP contribution in [0.1, 0.15) is 26.3 Å². The Balaban J connectivity index is 2.93. The fraction of sp³-hybridized carbons (Fsp3) is 0.462.